The number of rotatable bonds is 6. The lowest BCUT2D eigenvalue weighted by Gasteiger charge is -2.32. The third-order valence-corrected chi connectivity index (χ3v) is 4.58. The fraction of sp³-hybridized carbons (Fsp3) is 0.611. The molecule has 1 aromatic rings. The van der Waals surface area contributed by atoms with E-state index in [9.17, 15) is 15.0 Å². The minimum atomic E-state index is -0.867. The van der Waals surface area contributed by atoms with E-state index < -0.39 is 11.6 Å². The van der Waals surface area contributed by atoms with E-state index in [-0.39, 0.29) is 18.9 Å². The van der Waals surface area contributed by atoms with Crippen LogP contribution in [0, 0.1) is 0 Å². The molecular weight excluding hydrogens is 278 g/mol. The Labute approximate surface area is 132 Å². The maximum absolute atomic E-state index is 12.2. The van der Waals surface area contributed by atoms with Gasteiger partial charge in [0.25, 0.3) is 0 Å². The maximum atomic E-state index is 12.2. The maximum Gasteiger partial charge on any atom is 0.223 e. The summed E-state index contributed by atoms with van der Waals surface area (Å²) in [6, 6.07) is 7.49. The summed E-state index contributed by atoms with van der Waals surface area (Å²) in [7, 11) is 0. The molecule has 0 radical (unpaired) electrons. The first-order chi connectivity index (χ1) is 10.6. The molecule has 3 N–H and O–H groups in total. The number of aliphatic hydroxyl groups excluding tert-OH is 1. The zero-order chi connectivity index (χ0) is 16.0. The van der Waals surface area contributed by atoms with Crippen LogP contribution in [-0.2, 0) is 11.2 Å². The summed E-state index contributed by atoms with van der Waals surface area (Å²) in [4.78, 5) is 12.2. The number of hydrogen-bond acceptors (Lipinski definition) is 3. The summed E-state index contributed by atoms with van der Waals surface area (Å²) in [5, 5.41) is 22.8. The smallest absolute Gasteiger partial charge is 0.223 e. The molecule has 4 nitrogen and oxygen atoms in total. The van der Waals surface area contributed by atoms with Crippen molar-refractivity contribution in [1.29, 1.82) is 0 Å². The number of nitrogens with one attached hydrogen (secondary N) is 1. The van der Waals surface area contributed by atoms with Crippen molar-refractivity contribution in [3.63, 3.8) is 0 Å². The summed E-state index contributed by atoms with van der Waals surface area (Å²) < 4.78 is 0. The number of aliphatic hydroxyl groups is 2. The highest BCUT2D eigenvalue weighted by Crippen LogP contribution is 2.31. The molecule has 1 amide bonds. The molecule has 1 unspecified atom stereocenters. The average molecular weight is 305 g/mol. The van der Waals surface area contributed by atoms with Crippen LogP contribution >= 0.6 is 0 Å². The molecule has 2 rings (SSSR count). The van der Waals surface area contributed by atoms with Crippen molar-refractivity contribution in [3.05, 3.63) is 35.4 Å². The molecular formula is C18H27NO3. The van der Waals surface area contributed by atoms with E-state index in [4.69, 9.17) is 0 Å². The number of benzene rings is 1. The third kappa shape index (κ3) is 4.55. The van der Waals surface area contributed by atoms with Gasteiger partial charge in [0.05, 0.1) is 24.7 Å². The van der Waals surface area contributed by atoms with Gasteiger partial charge in [-0.1, -0.05) is 50.5 Å². The molecule has 1 aromatic carbocycles. The van der Waals surface area contributed by atoms with Crippen LogP contribution < -0.4 is 5.32 Å². The SMILES string of the molecule is CCc1ccc(C(CO)NC(=O)CC2(O)CCCCC2)cc1. The predicted octanol–water partition coefficient (Wildman–Crippen LogP) is 2.48. The first-order valence-electron chi connectivity index (χ1n) is 8.28. The minimum Gasteiger partial charge on any atom is -0.394 e. The first-order valence-corrected chi connectivity index (χ1v) is 8.28. The quantitative estimate of drug-likeness (QED) is 0.756. The van der Waals surface area contributed by atoms with Gasteiger partial charge in [-0.2, -0.15) is 0 Å². The second-order valence-corrected chi connectivity index (χ2v) is 6.36. The van der Waals surface area contributed by atoms with Gasteiger partial charge in [-0.3, -0.25) is 4.79 Å². The molecule has 0 spiro atoms. The Morgan fingerprint density at radius 3 is 2.41 bits per heavy atom. The highest BCUT2D eigenvalue weighted by molar-refractivity contribution is 5.77. The average Bonchev–Trinajstić information content (AvgIpc) is 2.53. The molecule has 1 aliphatic rings. The molecule has 0 bridgehead atoms. The predicted molar refractivity (Wildman–Crippen MR) is 86.4 cm³/mol. The molecule has 4 heteroatoms. The van der Waals surface area contributed by atoms with E-state index in [1.807, 2.05) is 24.3 Å². The molecule has 1 saturated carbocycles. The molecule has 22 heavy (non-hydrogen) atoms. The third-order valence-electron chi connectivity index (χ3n) is 4.58. The Morgan fingerprint density at radius 2 is 1.86 bits per heavy atom. The Morgan fingerprint density at radius 1 is 1.23 bits per heavy atom. The number of carbonyl (C=O) groups is 1. The van der Waals surface area contributed by atoms with E-state index in [1.165, 1.54) is 5.56 Å². The second-order valence-electron chi connectivity index (χ2n) is 6.36. The summed E-state index contributed by atoms with van der Waals surface area (Å²) in [6.07, 6.45) is 5.55. The van der Waals surface area contributed by atoms with Gasteiger partial charge in [0.1, 0.15) is 0 Å². The Kier molecular flexibility index (Phi) is 5.98. The summed E-state index contributed by atoms with van der Waals surface area (Å²) >= 11 is 0. The van der Waals surface area contributed by atoms with Crippen molar-refractivity contribution in [3.8, 4) is 0 Å². The zero-order valence-electron chi connectivity index (χ0n) is 13.3. The number of hydrogen-bond donors (Lipinski definition) is 3. The molecule has 1 aliphatic carbocycles. The van der Waals surface area contributed by atoms with E-state index in [2.05, 4.69) is 12.2 Å². The van der Waals surface area contributed by atoms with Gasteiger partial charge < -0.3 is 15.5 Å². The van der Waals surface area contributed by atoms with E-state index in [0.29, 0.717) is 12.8 Å². The second kappa shape index (κ2) is 7.75. The molecule has 0 aromatic heterocycles. The Bertz CT molecular complexity index is 478. The van der Waals surface area contributed by atoms with Crippen molar-refractivity contribution in [2.75, 3.05) is 6.61 Å². The van der Waals surface area contributed by atoms with Crippen LogP contribution in [0.5, 0.6) is 0 Å². The Hall–Kier alpha value is -1.39. The molecule has 0 heterocycles. The van der Waals surface area contributed by atoms with Gasteiger partial charge in [0, 0.05) is 0 Å². The van der Waals surface area contributed by atoms with Crippen LogP contribution in [0.1, 0.15) is 62.6 Å². The van der Waals surface area contributed by atoms with E-state index in [1.54, 1.807) is 0 Å². The fourth-order valence-electron chi connectivity index (χ4n) is 3.15. The van der Waals surface area contributed by atoms with E-state index in [0.717, 1.165) is 31.2 Å². The van der Waals surface area contributed by atoms with Crippen LogP contribution in [0.15, 0.2) is 24.3 Å². The lowest BCUT2D eigenvalue weighted by atomic mass is 9.82. The van der Waals surface area contributed by atoms with Gasteiger partial charge in [-0.15, -0.1) is 0 Å². The monoisotopic (exact) mass is 305 g/mol. The molecule has 122 valence electrons. The van der Waals surface area contributed by atoms with Gasteiger partial charge in [-0.05, 0) is 30.4 Å². The molecule has 1 atom stereocenters. The van der Waals surface area contributed by atoms with Gasteiger partial charge in [0.15, 0.2) is 0 Å². The van der Waals surface area contributed by atoms with Gasteiger partial charge in [0.2, 0.25) is 5.91 Å². The molecule has 0 aliphatic heterocycles. The van der Waals surface area contributed by atoms with Crippen molar-refractivity contribution in [1.82, 2.24) is 5.32 Å². The highest BCUT2D eigenvalue weighted by Gasteiger charge is 2.32. The zero-order valence-corrected chi connectivity index (χ0v) is 13.3. The van der Waals surface area contributed by atoms with Crippen LogP contribution in [0.3, 0.4) is 0 Å². The van der Waals surface area contributed by atoms with Crippen molar-refractivity contribution in [2.24, 2.45) is 0 Å². The van der Waals surface area contributed by atoms with Gasteiger partial charge >= 0.3 is 0 Å². The summed E-state index contributed by atoms with van der Waals surface area (Å²) in [5.74, 6) is -0.192. The van der Waals surface area contributed by atoms with Crippen molar-refractivity contribution >= 4 is 5.91 Å². The lowest BCUT2D eigenvalue weighted by molar-refractivity contribution is -0.128. The normalized spacial score (nSPS) is 18.7. The standard InChI is InChI=1S/C18H27NO3/c1-2-14-6-8-15(9-7-14)16(13-20)19-17(21)12-18(22)10-4-3-5-11-18/h6-9,16,20,22H,2-5,10-13H2,1H3,(H,19,21). The van der Waals surface area contributed by atoms with Crippen LogP contribution in [-0.4, -0.2) is 28.3 Å². The van der Waals surface area contributed by atoms with Crippen LogP contribution in [0.25, 0.3) is 0 Å². The van der Waals surface area contributed by atoms with Crippen LogP contribution in [0.2, 0.25) is 0 Å². The first kappa shape index (κ1) is 17.0. The highest BCUT2D eigenvalue weighted by atomic mass is 16.3. The number of carbonyl (C=O) groups excluding carboxylic acids is 1. The largest absolute Gasteiger partial charge is 0.394 e. The van der Waals surface area contributed by atoms with Gasteiger partial charge in [-0.25, -0.2) is 0 Å². The topological polar surface area (TPSA) is 69.6 Å². The number of amides is 1. The molecule has 1 fully saturated rings. The van der Waals surface area contributed by atoms with Crippen LogP contribution in [0.4, 0.5) is 0 Å². The number of aryl methyl sites for hydroxylation is 1. The van der Waals surface area contributed by atoms with E-state index >= 15 is 0 Å². The fourth-order valence-corrected chi connectivity index (χ4v) is 3.15. The Balaban J connectivity index is 1.95. The lowest BCUT2D eigenvalue weighted by Crippen LogP contribution is -2.40. The summed E-state index contributed by atoms with van der Waals surface area (Å²) in [6.45, 7) is 1.95. The minimum absolute atomic E-state index is 0.122. The van der Waals surface area contributed by atoms with Crippen molar-refractivity contribution < 1.29 is 15.0 Å². The molecule has 0 saturated heterocycles. The summed E-state index contributed by atoms with van der Waals surface area (Å²) in [5.41, 5.74) is 1.25. The van der Waals surface area contributed by atoms with Crippen molar-refractivity contribution in [2.45, 2.75) is 63.5 Å².